The van der Waals surface area contributed by atoms with E-state index in [4.69, 9.17) is 18.5 Å². The third-order valence-electron chi connectivity index (χ3n) is 10.3. The van der Waals surface area contributed by atoms with Crippen molar-refractivity contribution in [1.82, 2.24) is 0 Å². The zero-order valence-corrected chi connectivity index (χ0v) is 40.1. The van der Waals surface area contributed by atoms with Gasteiger partial charge in [-0.3, -0.25) is 23.4 Å². The lowest BCUT2D eigenvalue weighted by molar-refractivity contribution is -0.870. The highest BCUT2D eigenvalue weighted by molar-refractivity contribution is 7.47. The molecule has 0 spiro atoms. The molecule has 1 fully saturated rings. The summed E-state index contributed by atoms with van der Waals surface area (Å²) in [6.07, 6.45) is 40.2. The van der Waals surface area contributed by atoms with Crippen LogP contribution in [0.25, 0.3) is 0 Å². The molecule has 0 aromatic carbocycles. The standard InChI is InChI=1S/C50H82NO11P/c1-6-8-10-11-12-13-14-15-16-17-18-19-20-21-22-23-24-25-30-34-49(55)59-41-44(42-61-63(57,58)60-39-38-51(3,4)5)62-50(56)35-31-27-26-29-33-45-46(48(54)40-47(45)53)37-36-43(52)32-28-9-7-2/h12-13,15-16,18-19,21-22,24-26,29,36-37,43-47,52-53H,6-11,14,17,20,23,27-28,30-35,38-42H2,1-5H3/p+1/b13-12-,16-15-,19-18-,22-21-,25-24-,29-26-,37-36+/t43-,44+,45+,46+,47-/m0/s1. The molecule has 1 rings (SSSR count). The number of phosphoric acid groups is 1. The van der Waals surface area contributed by atoms with Crippen molar-refractivity contribution in [2.75, 3.05) is 47.5 Å². The fraction of sp³-hybridized carbons (Fsp3) is 0.660. The van der Waals surface area contributed by atoms with Gasteiger partial charge in [0.15, 0.2) is 6.10 Å². The number of carbonyl (C=O) groups excluding carboxylic acids is 3. The highest BCUT2D eigenvalue weighted by Crippen LogP contribution is 2.43. The number of quaternary nitrogens is 1. The number of aliphatic hydroxyl groups is 2. The molecule has 0 radical (unpaired) electrons. The molecular formula is C50H83NO11P+. The number of unbranched alkanes of at least 4 members (excludes halogenated alkanes) is 6. The van der Waals surface area contributed by atoms with Crippen molar-refractivity contribution >= 4 is 25.5 Å². The summed E-state index contributed by atoms with van der Waals surface area (Å²) in [6.45, 7) is 3.87. The average molecular weight is 905 g/mol. The van der Waals surface area contributed by atoms with Gasteiger partial charge < -0.3 is 29.1 Å². The van der Waals surface area contributed by atoms with Gasteiger partial charge in [0.2, 0.25) is 0 Å². The summed E-state index contributed by atoms with van der Waals surface area (Å²) in [5.74, 6) is -1.88. The van der Waals surface area contributed by atoms with Crippen molar-refractivity contribution in [1.29, 1.82) is 0 Å². The summed E-state index contributed by atoms with van der Waals surface area (Å²) < 4.78 is 34.2. The minimum Gasteiger partial charge on any atom is -0.462 e. The maximum atomic E-state index is 12.8. The van der Waals surface area contributed by atoms with Crippen LogP contribution in [-0.2, 0) is 37.5 Å². The van der Waals surface area contributed by atoms with E-state index < -0.39 is 50.6 Å². The van der Waals surface area contributed by atoms with Gasteiger partial charge in [-0.15, -0.1) is 0 Å². The lowest BCUT2D eigenvalue weighted by Gasteiger charge is -2.24. The largest absolute Gasteiger partial charge is 0.472 e. The van der Waals surface area contributed by atoms with Gasteiger partial charge in [0.25, 0.3) is 0 Å². The highest BCUT2D eigenvalue weighted by Gasteiger charge is 2.39. The summed E-state index contributed by atoms with van der Waals surface area (Å²) in [6, 6.07) is 0. The van der Waals surface area contributed by atoms with Crippen molar-refractivity contribution in [3.63, 3.8) is 0 Å². The van der Waals surface area contributed by atoms with E-state index in [1.165, 1.54) is 25.7 Å². The maximum absolute atomic E-state index is 12.8. The van der Waals surface area contributed by atoms with Crippen molar-refractivity contribution in [3.8, 4) is 0 Å². The Balaban J connectivity index is 2.54. The Labute approximate surface area is 380 Å². The summed E-state index contributed by atoms with van der Waals surface area (Å²) in [5.41, 5.74) is 0. The van der Waals surface area contributed by atoms with Gasteiger partial charge in [0, 0.05) is 31.1 Å². The topological polar surface area (TPSA) is 166 Å². The number of carbonyl (C=O) groups is 3. The van der Waals surface area contributed by atoms with Crippen LogP contribution in [0.3, 0.4) is 0 Å². The Morgan fingerprint density at radius 2 is 1.32 bits per heavy atom. The number of ketones is 1. The molecule has 0 aromatic heterocycles. The van der Waals surface area contributed by atoms with Gasteiger partial charge in [0.1, 0.15) is 25.5 Å². The minimum absolute atomic E-state index is 0.0294. The highest BCUT2D eigenvalue weighted by atomic mass is 31.2. The van der Waals surface area contributed by atoms with Crippen LogP contribution in [-0.4, -0.2) is 103 Å². The van der Waals surface area contributed by atoms with E-state index >= 15 is 0 Å². The fourth-order valence-electron chi connectivity index (χ4n) is 6.51. The van der Waals surface area contributed by atoms with E-state index in [0.717, 1.165) is 44.9 Å². The van der Waals surface area contributed by atoms with Crippen LogP contribution in [0.4, 0.5) is 0 Å². The van der Waals surface area contributed by atoms with Crippen LogP contribution < -0.4 is 0 Å². The molecule has 3 N–H and O–H groups in total. The number of hydrogen-bond donors (Lipinski definition) is 3. The number of hydrogen-bond acceptors (Lipinski definition) is 10. The van der Waals surface area contributed by atoms with Gasteiger partial charge in [-0.2, -0.15) is 0 Å². The van der Waals surface area contributed by atoms with Crippen LogP contribution in [0.2, 0.25) is 0 Å². The van der Waals surface area contributed by atoms with Gasteiger partial charge in [0.05, 0.1) is 40.0 Å². The molecule has 0 bridgehead atoms. The number of allylic oxidation sites excluding steroid dienone is 13. The van der Waals surface area contributed by atoms with Gasteiger partial charge in [-0.25, -0.2) is 4.57 Å². The molecule has 0 heterocycles. The lowest BCUT2D eigenvalue weighted by atomic mass is 9.90. The van der Waals surface area contributed by atoms with Crippen LogP contribution in [0, 0.1) is 11.8 Å². The summed E-state index contributed by atoms with van der Waals surface area (Å²) in [5, 5.41) is 20.8. The minimum atomic E-state index is -4.47. The van der Waals surface area contributed by atoms with Crippen molar-refractivity contribution in [2.45, 2.75) is 154 Å². The smallest absolute Gasteiger partial charge is 0.462 e. The number of likely N-dealkylation sites (N-methyl/N-ethyl adjacent to an activating group) is 1. The molecule has 0 aromatic rings. The van der Waals surface area contributed by atoms with E-state index in [1.807, 2.05) is 45.4 Å². The van der Waals surface area contributed by atoms with Crippen LogP contribution >= 0.6 is 7.82 Å². The molecule has 0 aliphatic heterocycles. The third-order valence-corrected chi connectivity index (χ3v) is 11.3. The Hall–Kier alpha value is -3.22. The van der Waals surface area contributed by atoms with Crippen LogP contribution in [0.1, 0.15) is 136 Å². The number of nitrogens with zero attached hydrogens (tertiary/aromatic N) is 1. The first-order chi connectivity index (χ1) is 30.2. The molecule has 0 saturated heterocycles. The normalized spacial score (nSPS) is 19.6. The van der Waals surface area contributed by atoms with Crippen LogP contribution in [0.15, 0.2) is 85.1 Å². The molecule has 358 valence electrons. The molecule has 6 atom stereocenters. The molecule has 1 aliphatic carbocycles. The first kappa shape index (κ1) is 57.8. The predicted molar refractivity (Wildman–Crippen MR) is 253 cm³/mol. The molecule has 12 nitrogen and oxygen atoms in total. The second kappa shape index (κ2) is 36.1. The number of aliphatic hydroxyl groups excluding tert-OH is 2. The van der Waals surface area contributed by atoms with E-state index in [2.05, 4.69) is 62.5 Å². The monoisotopic (exact) mass is 905 g/mol. The van der Waals surface area contributed by atoms with Crippen molar-refractivity contribution in [2.24, 2.45) is 11.8 Å². The molecule has 63 heavy (non-hydrogen) atoms. The number of phosphoric ester groups is 1. The quantitative estimate of drug-likeness (QED) is 0.0179. The third kappa shape index (κ3) is 33.0. The number of rotatable bonds is 37. The lowest BCUT2D eigenvalue weighted by Crippen LogP contribution is -2.37. The number of esters is 2. The SMILES string of the molecule is CCCCC/C=C\C/C=C\C/C=C\C/C=C\C/C=C\CCC(=O)OC[C@H](COP(=O)(O)OCC[N+](C)(C)C)OC(=O)CCC/C=C\C[C@H]1[C@@H](O)CC(=O)[C@@H]1/C=C/[C@@H](O)CCCCC. The molecule has 1 aliphatic rings. The van der Waals surface area contributed by atoms with Crippen LogP contribution in [0.5, 0.6) is 0 Å². The van der Waals surface area contributed by atoms with Gasteiger partial charge in [-0.05, 0) is 70.6 Å². The maximum Gasteiger partial charge on any atom is 0.472 e. The Bertz CT molecular complexity index is 1510. The van der Waals surface area contributed by atoms with Crippen molar-refractivity contribution < 1.29 is 57.1 Å². The van der Waals surface area contributed by atoms with Gasteiger partial charge >= 0.3 is 19.8 Å². The molecule has 1 unspecified atom stereocenters. The summed E-state index contributed by atoms with van der Waals surface area (Å²) >= 11 is 0. The predicted octanol–water partition coefficient (Wildman–Crippen LogP) is 10.2. The zero-order chi connectivity index (χ0) is 46.6. The summed E-state index contributed by atoms with van der Waals surface area (Å²) in [7, 11) is 1.26. The first-order valence-corrected chi connectivity index (χ1v) is 24.9. The molecule has 1 saturated carbocycles. The molecule has 0 amide bonds. The Morgan fingerprint density at radius 3 is 1.94 bits per heavy atom. The Kier molecular flexibility index (Phi) is 33.1. The van der Waals surface area contributed by atoms with E-state index in [9.17, 15) is 34.1 Å². The fourth-order valence-corrected chi connectivity index (χ4v) is 7.25. The molecular weight excluding hydrogens is 822 g/mol. The first-order valence-electron chi connectivity index (χ1n) is 23.4. The van der Waals surface area contributed by atoms with E-state index in [1.54, 1.807) is 12.2 Å². The van der Waals surface area contributed by atoms with E-state index in [0.29, 0.717) is 43.1 Å². The number of ether oxygens (including phenoxy) is 2. The Morgan fingerprint density at radius 1 is 0.746 bits per heavy atom. The average Bonchev–Trinajstić information content (AvgIpc) is 3.50. The zero-order valence-electron chi connectivity index (χ0n) is 39.2. The molecule has 13 heteroatoms. The summed E-state index contributed by atoms with van der Waals surface area (Å²) in [4.78, 5) is 48.1. The van der Waals surface area contributed by atoms with Gasteiger partial charge in [-0.1, -0.05) is 131 Å². The van der Waals surface area contributed by atoms with E-state index in [-0.39, 0.29) is 44.2 Å². The van der Waals surface area contributed by atoms with Crippen molar-refractivity contribution in [3.05, 3.63) is 85.1 Å². The second-order valence-corrected chi connectivity index (χ2v) is 18.7. The second-order valence-electron chi connectivity index (χ2n) is 17.2. The number of Topliss-reactive ketones (excluding diaryl/α,β-unsaturated/α-hetero) is 1.